The maximum absolute atomic E-state index is 10.4. The summed E-state index contributed by atoms with van der Waals surface area (Å²) in [7, 11) is 0. The molecule has 1 aliphatic heterocycles. The Bertz CT molecular complexity index is 542. The molecule has 1 saturated heterocycles. The Morgan fingerprint density at radius 3 is 2.27 bits per heavy atom. The van der Waals surface area contributed by atoms with Gasteiger partial charge in [-0.25, -0.2) is 0 Å². The van der Waals surface area contributed by atoms with E-state index in [0.717, 1.165) is 44.9 Å². The van der Waals surface area contributed by atoms with Crippen LogP contribution in [0.5, 0.6) is 0 Å². The summed E-state index contributed by atoms with van der Waals surface area (Å²) in [6.45, 7) is 13.9. The first-order valence-electron chi connectivity index (χ1n) is 10.8. The lowest BCUT2D eigenvalue weighted by Crippen LogP contribution is -2.55. The summed E-state index contributed by atoms with van der Waals surface area (Å²) < 4.78 is 12.9. The molecule has 150 valence electrons. The third-order valence-electron chi connectivity index (χ3n) is 7.74. The Balaban J connectivity index is 1.91. The molecule has 0 aromatic heterocycles. The van der Waals surface area contributed by atoms with E-state index in [0.29, 0.717) is 0 Å². The van der Waals surface area contributed by atoms with Crippen LogP contribution in [0.4, 0.5) is 0 Å². The summed E-state index contributed by atoms with van der Waals surface area (Å²) in [6.07, 6.45) is 11.6. The molecule has 2 fully saturated rings. The Kier molecular flexibility index (Phi) is 5.40. The van der Waals surface area contributed by atoms with Gasteiger partial charge in [0, 0.05) is 17.3 Å². The number of hydrogen-bond acceptors (Lipinski definition) is 3. The first-order valence-corrected chi connectivity index (χ1v) is 10.8. The molecule has 1 saturated carbocycles. The average molecular weight is 365 g/mol. The molecule has 26 heavy (non-hydrogen) atoms. The maximum Gasteiger partial charge on any atom is 0.174 e. The van der Waals surface area contributed by atoms with Crippen molar-refractivity contribution in [2.24, 2.45) is 16.2 Å². The second-order valence-electron chi connectivity index (χ2n) is 10.2. The van der Waals surface area contributed by atoms with E-state index in [4.69, 9.17) is 9.47 Å². The summed E-state index contributed by atoms with van der Waals surface area (Å²) in [4.78, 5) is 0. The van der Waals surface area contributed by atoms with Crippen LogP contribution in [0, 0.1) is 16.2 Å². The Morgan fingerprint density at radius 2 is 1.73 bits per heavy atom. The molecule has 1 spiro atoms. The molecule has 3 nitrogen and oxygen atoms in total. The first kappa shape index (κ1) is 20.4. The largest absolute Gasteiger partial charge is 0.395 e. The van der Waals surface area contributed by atoms with Gasteiger partial charge in [0.05, 0.1) is 18.8 Å². The molecule has 0 radical (unpaired) electrons. The summed E-state index contributed by atoms with van der Waals surface area (Å²) >= 11 is 0. The fourth-order valence-electron chi connectivity index (χ4n) is 6.37. The zero-order valence-corrected chi connectivity index (χ0v) is 17.9. The van der Waals surface area contributed by atoms with Crippen molar-refractivity contribution in [2.75, 3.05) is 6.61 Å². The molecular formula is C23H40O3. The minimum atomic E-state index is -0.451. The average Bonchev–Trinajstić information content (AvgIpc) is 2.88. The number of ether oxygens (including phenoxy) is 2. The molecule has 0 aromatic carbocycles. The molecule has 4 atom stereocenters. The van der Waals surface area contributed by atoms with Gasteiger partial charge in [-0.2, -0.15) is 0 Å². The third-order valence-corrected chi connectivity index (χ3v) is 7.74. The molecule has 3 aliphatic rings. The van der Waals surface area contributed by atoms with Crippen molar-refractivity contribution in [3.8, 4) is 0 Å². The summed E-state index contributed by atoms with van der Waals surface area (Å²) in [5, 5.41) is 10.4. The predicted octanol–water partition coefficient (Wildman–Crippen LogP) is 5.61. The predicted molar refractivity (Wildman–Crippen MR) is 106 cm³/mol. The van der Waals surface area contributed by atoms with Crippen LogP contribution in [0.3, 0.4) is 0 Å². The molecule has 2 aliphatic carbocycles. The van der Waals surface area contributed by atoms with Gasteiger partial charge in [-0.3, -0.25) is 0 Å². The van der Waals surface area contributed by atoms with Crippen LogP contribution in [0.1, 0.15) is 92.9 Å². The van der Waals surface area contributed by atoms with E-state index in [-0.39, 0.29) is 35.1 Å². The van der Waals surface area contributed by atoms with E-state index < -0.39 is 5.79 Å². The number of allylic oxidation sites excluding steroid dienone is 1. The number of hydrogen-bond donors (Lipinski definition) is 1. The second kappa shape index (κ2) is 6.90. The van der Waals surface area contributed by atoms with Gasteiger partial charge in [0.25, 0.3) is 0 Å². The van der Waals surface area contributed by atoms with Crippen LogP contribution in [-0.2, 0) is 9.47 Å². The van der Waals surface area contributed by atoms with E-state index in [1.807, 2.05) is 0 Å². The normalized spacial score (nSPS) is 42.0. The standard InChI is InChI=1S/C23H40O3/c1-7-11-22(16-24)12-9-8-10-19(22)21(6)13-14-23(20(4,5)15-21)25-17(2)18(3)26-23/h10,17-18,24H,7-9,11-16H2,1-6H3/t17-,18-,21-,22-/m1/s1. The van der Waals surface area contributed by atoms with E-state index in [1.54, 1.807) is 0 Å². The zero-order valence-electron chi connectivity index (χ0n) is 17.9. The van der Waals surface area contributed by atoms with Crippen LogP contribution in [-0.4, -0.2) is 29.7 Å². The SMILES string of the molecule is CCC[C@]1(CO)CCCC=C1[C@]1(C)CCC2(O[C@H](C)[C@@H](C)O2)C(C)(C)C1. The highest BCUT2D eigenvalue weighted by Gasteiger charge is 2.61. The Hall–Kier alpha value is -0.380. The van der Waals surface area contributed by atoms with Crippen LogP contribution < -0.4 is 0 Å². The van der Waals surface area contributed by atoms with E-state index in [2.05, 4.69) is 47.6 Å². The molecule has 1 heterocycles. The van der Waals surface area contributed by atoms with Gasteiger partial charge in [0.1, 0.15) is 0 Å². The summed E-state index contributed by atoms with van der Waals surface area (Å²) in [5.74, 6) is -0.451. The van der Waals surface area contributed by atoms with Crippen LogP contribution in [0.15, 0.2) is 11.6 Å². The van der Waals surface area contributed by atoms with Crippen molar-refractivity contribution < 1.29 is 14.6 Å². The van der Waals surface area contributed by atoms with Crippen molar-refractivity contribution >= 4 is 0 Å². The molecule has 0 unspecified atom stereocenters. The molecule has 3 rings (SSSR count). The van der Waals surface area contributed by atoms with Crippen molar-refractivity contribution in [1.29, 1.82) is 0 Å². The lowest BCUT2D eigenvalue weighted by molar-refractivity contribution is -0.269. The van der Waals surface area contributed by atoms with Gasteiger partial charge in [0.2, 0.25) is 0 Å². The fourth-order valence-corrected chi connectivity index (χ4v) is 6.37. The van der Waals surface area contributed by atoms with Crippen molar-refractivity contribution in [3.05, 3.63) is 11.6 Å². The number of aliphatic hydroxyl groups is 1. The van der Waals surface area contributed by atoms with Crippen LogP contribution in [0.2, 0.25) is 0 Å². The van der Waals surface area contributed by atoms with Crippen LogP contribution >= 0.6 is 0 Å². The lowest BCUT2D eigenvalue weighted by Gasteiger charge is -2.56. The highest BCUT2D eigenvalue weighted by molar-refractivity contribution is 5.27. The summed E-state index contributed by atoms with van der Waals surface area (Å²) in [5.41, 5.74) is 1.59. The first-order chi connectivity index (χ1) is 12.1. The molecule has 3 heteroatoms. The molecule has 0 bridgehead atoms. The highest BCUT2D eigenvalue weighted by atomic mass is 16.8. The molecular weight excluding hydrogens is 324 g/mol. The van der Waals surface area contributed by atoms with Crippen molar-refractivity contribution in [2.45, 2.75) is 111 Å². The minimum absolute atomic E-state index is 0.0136. The zero-order chi connectivity index (χ0) is 19.2. The van der Waals surface area contributed by atoms with Gasteiger partial charge >= 0.3 is 0 Å². The number of rotatable bonds is 4. The van der Waals surface area contributed by atoms with E-state index in [1.165, 1.54) is 12.0 Å². The number of aliphatic hydroxyl groups excluding tert-OH is 1. The van der Waals surface area contributed by atoms with Crippen molar-refractivity contribution in [1.82, 2.24) is 0 Å². The fraction of sp³-hybridized carbons (Fsp3) is 0.913. The minimum Gasteiger partial charge on any atom is -0.395 e. The van der Waals surface area contributed by atoms with E-state index >= 15 is 0 Å². The smallest absolute Gasteiger partial charge is 0.174 e. The molecule has 0 aromatic rings. The van der Waals surface area contributed by atoms with Gasteiger partial charge in [-0.15, -0.1) is 0 Å². The van der Waals surface area contributed by atoms with Gasteiger partial charge in [0.15, 0.2) is 5.79 Å². The monoisotopic (exact) mass is 364 g/mol. The maximum atomic E-state index is 10.4. The molecule has 1 N–H and O–H groups in total. The van der Waals surface area contributed by atoms with Crippen molar-refractivity contribution in [3.63, 3.8) is 0 Å². The molecule has 0 amide bonds. The topological polar surface area (TPSA) is 38.7 Å². The van der Waals surface area contributed by atoms with Gasteiger partial charge in [-0.1, -0.05) is 45.8 Å². The second-order valence-corrected chi connectivity index (χ2v) is 10.2. The van der Waals surface area contributed by atoms with E-state index in [9.17, 15) is 5.11 Å². The highest BCUT2D eigenvalue weighted by Crippen LogP contribution is 2.62. The third kappa shape index (κ3) is 3.08. The quantitative estimate of drug-likeness (QED) is 0.659. The Morgan fingerprint density at radius 1 is 1.08 bits per heavy atom. The lowest BCUT2D eigenvalue weighted by atomic mass is 9.52. The Labute approximate surface area is 160 Å². The van der Waals surface area contributed by atoms with Gasteiger partial charge in [-0.05, 0) is 57.8 Å². The summed E-state index contributed by atoms with van der Waals surface area (Å²) in [6, 6.07) is 0. The van der Waals surface area contributed by atoms with Crippen LogP contribution in [0.25, 0.3) is 0 Å². The van der Waals surface area contributed by atoms with Gasteiger partial charge < -0.3 is 14.6 Å².